The molecule has 0 unspecified atom stereocenters. The Balaban J connectivity index is 1.81. The van der Waals surface area contributed by atoms with Crippen LogP contribution in [0.3, 0.4) is 0 Å². The zero-order chi connectivity index (χ0) is 19.4. The summed E-state index contributed by atoms with van der Waals surface area (Å²) in [4.78, 5) is 28.6. The normalized spacial score (nSPS) is 15.6. The van der Waals surface area contributed by atoms with Crippen molar-refractivity contribution in [2.24, 2.45) is 0 Å². The number of aromatic hydroxyl groups is 1. The zero-order valence-corrected chi connectivity index (χ0v) is 16.2. The molecule has 1 aliphatic heterocycles. The Hall–Kier alpha value is -2.73. The summed E-state index contributed by atoms with van der Waals surface area (Å²) in [6, 6.07) is 14.8. The first-order valence-corrected chi connectivity index (χ1v) is 9.72. The van der Waals surface area contributed by atoms with Gasteiger partial charge in [0.05, 0.1) is 11.4 Å². The van der Waals surface area contributed by atoms with E-state index >= 15 is 0 Å². The fourth-order valence-corrected chi connectivity index (χ4v) is 3.81. The van der Waals surface area contributed by atoms with Crippen molar-refractivity contribution in [1.29, 1.82) is 0 Å². The average molecular weight is 382 g/mol. The fraction of sp³-hybridized carbons (Fsp3) is 0.238. The number of hydrogen-bond acceptors (Lipinski definition) is 5. The van der Waals surface area contributed by atoms with Crippen molar-refractivity contribution < 1.29 is 14.7 Å². The summed E-state index contributed by atoms with van der Waals surface area (Å²) < 4.78 is 0. The SMILES string of the molecule is CCN(CC)c1ccc(/C=C2\SC(=O)N(Cc3ccccc3)C2=O)c(O)c1. The molecule has 0 bridgehead atoms. The van der Waals surface area contributed by atoms with Crippen LogP contribution in [0.15, 0.2) is 53.4 Å². The van der Waals surface area contributed by atoms with Crippen LogP contribution in [-0.4, -0.2) is 34.2 Å². The number of anilines is 1. The molecule has 0 radical (unpaired) electrons. The number of hydrogen-bond donors (Lipinski definition) is 1. The summed E-state index contributed by atoms with van der Waals surface area (Å²) in [6.45, 7) is 6.03. The second kappa shape index (κ2) is 8.31. The van der Waals surface area contributed by atoms with Gasteiger partial charge < -0.3 is 10.0 Å². The quantitative estimate of drug-likeness (QED) is 0.747. The predicted molar refractivity (Wildman–Crippen MR) is 110 cm³/mol. The molecule has 0 aromatic heterocycles. The molecule has 2 aromatic carbocycles. The molecule has 0 saturated carbocycles. The van der Waals surface area contributed by atoms with Crippen LogP contribution in [0.25, 0.3) is 6.08 Å². The van der Waals surface area contributed by atoms with E-state index in [-0.39, 0.29) is 23.4 Å². The number of thioether (sulfide) groups is 1. The molecule has 0 aliphatic carbocycles. The van der Waals surface area contributed by atoms with E-state index in [0.717, 1.165) is 36.1 Å². The van der Waals surface area contributed by atoms with E-state index in [2.05, 4.69) is 18.7 Å². The summed E-state index contributed by atoms with van der Waals surface area (Å²) in [6.07, 6.45) is 1.58. The highest BCUT2D eigenvalue weighted by molar-refractivity contribution is 8.18. The Morgan fingerprint density at radius 2 is 1.78 bits per heavy atom. The molecule has 3 rings (SSSR count). The van der Waals surface area contributed by atoms with Gasteiger partial charge in [-0.05, 0) is 49.4 Å². The third-order valence-corrected chi connectivity index (χ3v) is 5.39. The lowest BCUT2D eigenvalue weighted by atomic mass is 10.1. The first kappa shape index (κ1) is 19.0. The largest absolute Gasteiger partial charge is 0.507 e. The van der Waals surface area contributed by atoms with E-state index in [0.29, 0.717) is 10.5 Å². The molecule has 1 saturated heterocycles. The monoisotopic (exact) mass is 382 g/mol. The maximum absolute atomic E-state index is 12.6. The van der Waals surface area contributed by atoms with Gasteiger partial charge in [-0.25, -0.2) is 0 Å². The van der Waals surface area contributed by atoms with Crippen molar-refractivity contribution >= 4 is 34.7 Å². The van der Waals surface area contributed by atoms with Crippen molar-refractivity contribution in [2.75, 3.05) is 18.0 Å². The summed E-state index contributed by atoms with van der Waals surface area (Å²) >= 11 is 0.901. The number of benzene rings is 2. The number of rotatable bonds is 6. The van der Waals surface area contributed by atoms with Gasteiger partial charge in [0.2, 0.25) is 0 Å². The smallest absolute Gasteiger partial charge is 0.293 e. The van der Waals surface area contributed by atoms with Crippen LogP contribution < -0.4 is 4.90 Å². The molecule has 1 fully saturated rings. The lowest BCUT2D eigenvalue weighted by Crippen LogP contribution is -2.27. The molecule has 6 heteroatoms. The third kappa shape index (κ3) is 4.17. The first-order valence-electron chi connectivity index (χ1n) is 8.90. The molecule has 0 spiro atoms. The van der Waals surface area contributed by atoms with Gasteiger partial charge in [-0.1, -0.05) is 30.3 Å². The van der Waals surface area contributed by atoms with E-state index in [1.165, 1.54) is 4.90 Å². The number of carbonyl (C=O) groups excluding carboxylic acids is 2. The highest BCUT2D eigenvalue weighted by Gasteiger charge is 2.35. The standard InChI is InChI=1S/C21H22N2O3S/c1-3-22(4-2)17-11-10-16(18(24)13-17)12-19-20(25)23(21(26)27-19)14-15-8-6-5-7-9-15/h5-13,24H,3-4,14H2,1-2H3/b19-12-. The maximum atomic E-state index is 12.6. The van der Waals surface area contributed by atoms with Crippen LogP contribution in [0.5, 0.6) is 5.75 Å². The van der Waals surface area contributed by atoms with Crippen molar-refractivity contribution in [3.05, 3.63) is 64.6 Å². The Morgan fingerprint density at radius 1 is 1.07 bits per heavy atom. The Labute approximate surface area is 163 Å². The minimum absolute atomic E-state index is 0.0919. The van der Waals surface area contributed by atoms with Crippen LogP contribution in [0, 0.1) is 0 Å². The number of amides is 2. The van der Waals surface area contributed by atoms with Gasteiger partial charge in [-0.2, -0.15) is 0 Å². The Kier molecular flexibility index (Phi) is 5.86. The molecule has 1 aliphatic rings. The van der Waals surface area contributed by atoms with Crippen LogP contribution in [-0.2, 0) is 11.3 Å². The number of phenolic OH excluding ortho intramolecular Hbond substituents is 1. The van der Waals surface area contributed by atoms with Crippen molar-refractivity contribution in [3.63, 3.8) is 0 Å². The van der Waals surface area contributed by atoms with Crippen LogP contribution in [0.2, 0.25) is 0 Å². The van der Waals surface area contributed by atoms with Crippen LogP contribution in [0.1, 0.15) is 25.0 Å². The molecule has 140 valence electrons. The average Bonchev–Trinajstić information content (AvgIpc) is 2.93. The van der Waals surface area contributed by atoms with Gasteiger partial charge in [0.1, 0.15) is 5.75 Å². The third-order valence-electron chi connectivity index (χ3n) is 4.49. The Bertz CT molecular complexity index is 876. The number of nitrogens with zero attached hydrogens (tertiary/aromatic N) is 2. The molecular formula is C21H22N2O3S. The van der Waals surface area contributed by atoms with E-state index < -0.39 is 0 Å². The highest BCUT2D eigenvalue weighted by atomic mass is 32.2. The fourth-order valence-electron chi connectivity index (χ4n) is 2.98. The lowest BCUT2D eigenvalue weighted by molar-refractivity contribution is -0.123. The van der Waals surface area contributed by atoms with E-state index in [9.17, 15) is 14.7 Å². The topological polar surface area (TPSA) is 60.9 Å². The first-order chi connectivity index (χ1) is 13.0. The lowest BCUT2D eigenvalue weighted by Gasteiger charge is -2.21. The molecule has 1 heterocycles. The number of phenols is 1. The van der Waals surface area contributed by atoms with Crippen LogP contribution in [0.4, 0.5) is 10.5 Å². The minimum Gasteiger partial charge on any atom is -0.507 e. The second-order valence-corrected chi connectivity index (χ2v) is 7.16. The van der Waals surface area contributed by atoms with Gasteiger partial charge in [-0.15, -0.1) is 0 Å². The van der Waals surface area contributed by atoms with E-state index in [1.807, 2.05) is 36.4 Å². The van der Waals surface area contributed by atoms with Gasteiger partial charge in [-0.3, -0.25) is 14.5 Å². The van der Waals surface area contributed by atoms with Crippen LogP contribution >= 0.6 is 11.8 Å². The molecule has 2 amide bonds. The van der Waals surface area contributed by atoms with Crippen molar-refractivity contribution in [2.45, 2.75) is 20.4 Å². The summed E-state index contributed by atoms with van der Waals surface area (Å²) in [5.74, 6) is -0.240. The van der Waals surface area contributed by atoms with Gasteiger partial charge in [0.15, 0.2) is 0 Å². The molecule has 0 atom stereocenters. The molecule has 5 nitrogen and oxygen atoms in total. The zero-order valence-electron chi connectivity index (χ0n) is 15.4. The number of imide groups is 1. The van der Waals surface area contributed by atoms with Gasteiger partial charge in [0.25, 0.3) is 11.1 Å². The Morgan fingerprint density at radius 3 is 2.41 bits per heavy atom. The summed E-state index contributed by atoms with van der Waals surface area (Å²) in [5, 5.41) is 10.1. The van der Waals surface area contributed by atoms with Crippen molar-refractivity contribution in [1.82, 2.24) is 4.90 Å². The predicted octanol–water partition coefficient (Wildman–Crippen LogP) is 4.47. The molecule has 2 aromatic rings. The van der Waals surface area contributed by atoms with Crippen molar-refractivity contribution in [3.8, 4) is 5.75 Å². The molecule has 27 heavy (non-hydrogen) atoms. The van der Waals surface area contributed by atoms with Gasteiger partial charge >= 0.3 is 0 Å². The van der Waals surface area contributed by atoms with E-state index in [1.54, 1.807) is 18.2 Å². The summed E-state index contributed by atoms with van der Waals surface area (Å²) in [5.41, 5.74) is 2.34. The number of carbonyl (C=O) groups is 2. The van der Waals surface area contributed by atoms with E-state index in [4.69, 9.17) is 0 Å². The molecule has 1 N–H and O–H groups in total. The maximum Gasteiger partial charge on any atom is 0.293 e. The van der Waals surface area contributed by atoms with Gasteiger partial charge in [0, 0.05) is 30.4 Å². The molecular weight excluding hydrogens is 360 g/mol. The minimum atomic E-state index is -0.332. The highest BCUT2D eigenvalue weighted by Crippen LogP contribution is 2.35. The second-order valence-electron chi connectivity index (χ2n) is 6.17. The summed E-state index contributed by atoms with van der Waals surface area (Å²) in [7, 11) is 0.